The summed E-state index contributed by atoms with van der Waals surface area (Å²) in [5.41, 5.74) is 2.48. The molecule has 0 amide bonds. The highest BCUT2D eigenvalue weighted by Crippen LogP contribution is 1.98. The van der Waals surface area contributed by atoms with Crippen molar-refractivity contribution in [1.82, 2.24) is 0 Å². The zero-order valence-corrected chi connectivity index (χ0v) is 5.23. The molecule has 1 radical (unpaired) electrons. The molecule has 0 atom stereocenters. The summed E-state index contributed by atoms with van der Waals surface area (Å²) in [6.45, 7) is 4.11. The van der Waals surface area contributed by atoms with Crippen LogP contribution in [0.15, 0.2) is 18.2 Å². The Morgan fingerprint density at radius 2 is 2.00 bits per heavy atom. The predicted molar refractivity (Wildman–Crippen MR) is 34.8 cm³/mol. The fourth-order valence-electron chi connectivity index (χ4n) is 0.580. The number of aryl methyl sites for hydroxylation is 2. The van der Waals surface area contributed by atoms with Gasteiger partial charge in [-0.15, -0.1) is 0 Å². The van der Waals surface area contributed by atoms with Crippen LogP contribution in [0.4, 0.5) is 0 Å². The van der Waals surface area contributed by atoms with Crippen LogP contribution >= 0.6 is 0 Å². The van der Waals surface area contributed by atoms with Crippen LogP contribution in [0.2, 0.25) is 0 Å². The molecule has 0 fully saturated rings. The minimum absolute atomic E-state index is 1.20. The van der Waals surface area contributed by atoms with Crippen LogP contribution in [0.25, 0.3) is 0 Å². The Kier molecular flexibility index (Phi) is 1.34. The van der Waals surface area contributed by atoms with E-state index in [1.807, 2.05) is 13.0 Å². The Hall–Kier alpha value is -0.780. The molecule has 0 aliphatic carbocycles. The lowest BCUT2D eigenvalue weighted by atomic mass is 10.2. The Bertz CT molecular complexity index is 139. The van der Waals surface area contributed by atoms with Gasteiger partial charge >= 0.3 is 0 Å². The molecule has 1 aromatic carbocycles. The van der Waals surface area contributed by atoms with Crippen LogP contribution < -0.4 is 0 Å². The second-order valence-corrected chi connectivity index (χ2v) is 2.05. The molecule has 0 heterocycles. The van der Waals surface area contributed by atoms with Gasteiger partial charge in [0.05, 0.1) is 0 Å². The van der Waals surface area contributed by atoms with Crippen LogP contribution in [0.1, 0.15) is 11.1 Å². The van der Waals surface area contributed by atoms with Crippen molar-refractivity contribution in [2.24, 2.45) is 0 Å². The Morgan fingerprint density at radius 3 is 2.38 bits per heavy atom. The van der Waals surface area contributed by atoms with Gasteiger partial charge in [0.2, 0.25) is 0 Å². The third kappa shape index (κ3) is 1.09. The molecule has 1 aromatic rings. The van der Waals surface area contributed by atoms with Crippen molar-refractivity contribution >= 4 is 0 Å². The number of hydrogen-bond donors (Lipinski definition) is 0. The van der Waals surface area contributed by atoms with Gasteiger partial charge in [-0.2, -0.15) is 0 Å². The molecule has 0 saturated heterocycles. The van der Waals surface area contributed by atoms with E-state index in [-0.39, 0.29) is 0 Å². The number of rotatable bonds is 0. The van der Waals surface area contributed by atoms with Crippen molar-refractivity contribution in [3.8, 4) is 0 Å². The first-order valence-corrected chi connectivity index (χ1v) is 2.74. The summed E-state index contributed by atoms with van der Waals surface area (Å²) in [6.07, 6.45) is 0. The summed E-state index contributed by atoms with van der Waals surface area (Å²) < 4.78 is 0. The zero-order valence-electron chi connectivity index (χ0n) is 5.23. The van der Waals surface area contributed by atoms with E-state index in [0.29, 0.717) is 0 Å². The van der Waals surface area contributed by atoms with Gasteiger partial charge in [-0.05, 0) is 25.5 Å². The molecule has 0 aliphatic rings. The molecule has 0 N–H and O–H groups in total. The largest absolute Gasteiger partial charge is 0.0590 e. The molecule has 0 spiro atoms. The van der Waals surface area contributed by atoms with Gasteiger partial charge in [0.25, 0.3) is 0 Å². The quantitative estimate of drug-likeness (QED) is 0.474. The zero-order chi connectivity index (χ0) is 5.98. The lowest BCUT2D eigenvalue weighted by Crippen LogP contribution is -1.71. The average molecular weight is 105 g/mol. The minimum Gasteiger partial charge on any atom is -0.0590 e. The summed E-state index contributed by atoms with van der Waals surface area (Å²) in [7, 11) is 0. The van der Waals surface area contributed by atoms with Crippen LogP contribution in [-0.2, 0) is 0 Å². The maximum Gasteiger partial charge on any atom is -0.0149 e. The van der Waals surface area contributed by atoms with E-state index in [0.717, 1.165) is 0 Å². The van der Waals surface area contributed by atoms with Gasteiger partial charge in [0.1, 0.15) is 0 Å². The molecule has 0 heteroatoms. The van der Waals surface area contributed by atoms with E-state index in [1.165, 1.54) is 11.1 Å². The van der Waals surface area contributed by atoms with E-state index in [1.54, 1.807) is 0 Å². The van der Waals surface area contributed by atoms with E-state index < -0.39 is 0 Å². The van der Waals surface area contributed by atoms with Gasteiger partial charge in [-0.3, -0.25) is 0 Å². The lowest BCUT2D eigenvalue weighted by Gasteiger charge is -1.89. The molecule has 1 rings (SSSR count). The van der Waals surface area contributed by atoms with Gasteiger partial charge in [-0.25, -0.2) is 0 Å². The highest BCUT2D eigenvalue weighted by Gasteiger charge is 1.80. The first-order chi connectivity index (χ1) is 3.79. The second kappa shape index (κ2) is 1.99. The van der Waals surface area contributed by atoms with Crippen molar-refractivity contribution in [2.75, 3.05) is 0 Å². The maximum atomic E-state index is 3.10. The standard InChI is InChI=1S/C8H9/c1-7-3-5-8(2)6-4-7/h3-5H,1-2H3. The van der Waals surface area contributed by atoms with Crippen molar-refractivity contribution < 1.29 is 0 Å². The molecular formula is C8H9. The minimum atomic E-state index is 1.20. The highest BCUT2D eigenvalue weighted by atomic mass is 13.9. The second-order valence-electron chi connectivity index (χ2n) is 2.05. The number of hydrogen-bond acceptors (Lipinski definition) is 0. The van der Waals surface area contributed by atoms with E-state index in [2.05, 4.69) is 25.1 Å². The average Bonchev–Trinajstić information content (AvgIpc) is 1.77. The predicted octanol–water partition coefficient (Wildman–Crippen LogP) is 2.10. The summed E-state index contributed by atoms with van der Waals surface area (Å²) >= 11 is 0. The molecule has 0 nitrogen and oxygen atoms in total. The van der Waals surface area contributed by atoms with Crippen molar-refractivity contribution in [3.63, 3.8) is 0 Å². The Balaban J connectivity index is 3.03. The van der Waals surface area contributed by atoms with Gasteiger partial charge < -0.3 is 0 Å². The molecular weight excluding hydrogens is 96.1 g/mol. The smallest absolute Gasteiger partial charge is 0.0149 e. The maximum absolute atomic E-state index is 3.10. The molecule has 0 saturated carbocycles. The van der Waals surface area contributed by atoms with E-state index in [4.69, 9.17) is 0 Å². The summed E-state index contributed by atoms with van der Waals surface area (Å²) in [5, 5.41) is 0. The van der Waals surface area contributed by atoms with Crippen LogP contribution in [0.5, 0.6) is 0 Å². The monoisotopic (exact) mass is 105 g/mol. The van der Waals surface area contributed by atoms with Gasteiger partial charge in [0, 0.05) is 0 Å². The molecule has 41 valence electrons. The van der Waals surface area contributed by atoms with Crippen molar-refractivity contribution in [1.29, 1.82) is 0 Å². The van der Waals surface area contributed by atoms with Crippen molar-refractivity contribution in [3.05, 3.63) is 35.4 Å². The fraction of sp³-hybridized carbons (Fsp3) is 0.250. The lowest BCUT2D eigenvalue weighted by molar-refractivity contribution is 1.39. The van der Waals surface area contributed by atoms with Gasteiger partial charge in [0.15, 0.2) is 0 Å². The van der Waals surface area contributed by atoms with Gasteiger partial charge in [-0.1, -0.05) is 23.8 Å². The van der Waals surface area contributed by atoms with Crippen molar-refractivity contribution in [2.45, 2.75) is 13.8 Å². The van der Waals surface area contributed by atoms with Crippen LogP contribution in [-0.4, -0.2) is 0 Å². The molecule has 0 aromatic heterocycles. The summed E-state index contributed by atoms with van der Waals surface area (Å²) in [4.78, 5) is 0. The first kappa shape index (κ1) is 5.36. The molecule has 0 bridgehead atoms. The Labute approximate surface area is 50.2 Å². The molecule has 8 heavy (non-hydrogen) atoms. The normalized spacial score (nSPS) is 9.25. The SMILES string of the molecule is Cc1[c]cc(C)cc1. The van der Waals surface area contributed by atoms with Crippen LogP contribution in [0, 0.1) is 19.9 Å². The third-order valence-corrected chi connectivity index (χ3v) is 1.12. The highest BCUT2D eigenvalue weighted by molar-refractivity contribution is 5.18. The fourth-order valence-corrected chi connectivity index (χ4v) is 0.580. The summed E-state index contributed by atoms with van der Waals surface area (Å²) in [5.74, 6) is 0. The van der Waals surface area contributed by atoms with E-state index >= 15 is 0 Å². The molecule has 0 unspecified atom stereocenters. The molecule has 0 aliphatic heterocycles. The van der Waals surface area contributed by atoms with E-state index in [9.17, 15) is 0 Å². The number of benzene rings is 1. The Morgan fingerprint density at radius 1 is 1.25 bits per heavy atom. The van der Waals surface area contributed by atoms with Crippen LogP contribution in [0.3, 0.4) is 0 Å². The third-order valence-electron chi connectivity index (χ3n) is 1.12. The topological polar surface area (TPSA) is 0 Å². The first-order valence-electron chi connectivity index (χ1n) is 2.74. The summed E-state index contributed by atoms with van der Waals surface area (Å²) in [6, 6.07) is 9.25.